The predicted molar refractivity (Wildman–Crippen MR) is 92.3 cm³/mol. The van der Waals surface area contributed by atoms with Crippen LogP contribution in [-0.4, -0.2) is 13.7 Å². The van der Waals surface area contributed by atoms with Gasteiger partial charge in [-0.2, -0.15) is 0 Å². The number of methoxy groups -OCH3 is 1. The van der Waals surface area contributed by atoms with Crippen molar-refractivity contribution in [2.24, 2.45) is 10.8 Å². The average Bonchev–Trinajstić information content (AvgIpc) is 2.26. The van der Waals surface area contributed by atoms with E-state index < -0.39 is 0 Å². The fourth-order valence-corrected chi connectivity index (χ4v) is 1.21. The minimum Gasteiger partial charge on any atom is -0.385 e. The van der Waals surface area contributed by atoms with Gasteiger partial charge >= 0.3 is 0 Å². The van der Waals surface area contributed by atoms with Crippen LogP contribution >= 0.6 is 0 Å². The maximum Gasteiger partial charge on any atom is 0.0433 e. The van der Waals surface area contributed by atoms with Gasteiger partial charge in [-0.15, -0.1) is 0 Å². The van der Waals surface area contributed by atoms with Gasteiger partial charge in [0, 0.05) is 13.7 Å². The predicted octanol–water partition coefficient (Wildman–Crippen LogP) is 5.98. The molecule has 20 heavy (non-hydrogen) atoms. The van der Waals surface area contributed by atoms with Crippen molar-refractivity contribution in [1.29, 1.82) is 0 Å². The van der Waals surface area contributed by atoms with Crippen molar-refractivity contribution < 1.29 is 4.74 Å². The third-order valence-corrected chi connectivity index (χ3v) is 1.87. The molecule has 0 unspecified atom stereocenters. The molecule has 0 saturated heterocycles. The van der Waals surface area contributed by atoms with Crippen molar-refractivity contribution in [2.45, 2.75) is 61.8 Å². The van der Waals surface area contributed by atoms with E-state index in [0.29, 0.717) is 10.8 Å². The van der Waals surface area contributed by atoms with Crippen LogP contribution in [0.2, 0.25) is 0 Å². The molecule has 0 aromatic heterocycles. The van der Waals surface area contributed by atoms with E-state index in [1.807, 2.05) is 6.92 Å². The molecule has 0 amide bonds. The van der Waals surface area contributed by atoms with Crippen LogP contribution in [0.25, 0.3) is 0 Å². The summed E-state index contributed by atoms with van der Waals surface area (Å²) in [5.41, 5.74) is 2.33. The maximum absolute atomic E-state index is 4.54. The Kier molecular flexibility index (Phi) is 11.7. The lowest BCUT2D eigenvalue weighted by Crippen LogP contribution is -2.08. The van der Waals surface area contributed by atoms with Gasteiger partial charge in [0.2, 0.25) is 0 Å². The van der Waals surface area contributed by atoms with E-state index in [1.54, 1.807) is 7.11 Å². The first kappa shape index (κ1) is 21.5. The Hall–Kier alpha value is -0.820. The molecule has 0 N–H and O–H groups in total. The van der Waals surface area contributed by atoms with E-state index in [0.717, 1.165) is 13.0 Å². The van der Waals surface area contributed by atoms with E-state index >= 15 is 0 Å². The SMILES string of the molecule is CC(C)(C)C.CC(C)(C)Cc1ccccc1.CCOC. The highest BCUT2D eigenvalue weighted by Crippen LogP contribution is 2.19. The Morgan fingerprint density at radius 1 is 0.850 bits per heavy atom. The molecule has 0 fully saturated rings. The maximum atomic E-state index is 4.54. The number of hydrogen-bond donors (Lipinski definition) is 0. The second-order valence-corrected chi connectivity index (χ2v) is 7.80. The minimum absolute atomic E-state index is 0.404. The first-order valence-corrected chi connectivity index (χ1v) is 7.52. The topological polar surface area (TPSA) is 9.23 Å². The van der Waals surface area contributed by atoms with Crippen molar-refractivity contribution in [1.82, 2.24) is 0 Å². The normalized spacial score (nSPS) is 10.8. The third-order valence-electron chi connectivity index (χ3n) is 1.87. The van der Waals surface area contributed by atoms with Gasteiger partial charge in [0.05, 0.1) is 0 Å². The molecule has 0 atom stereocenters. The van der Waals surface area contributed by atoms with Gasteiger partial charge in [0.15, 0.2) is 0 Å². The highest BCUT2D eigenvalue weighted by molar-refractivity contribution is 5.15. The highest BCUT2D eigenvalue weighted by Gasteiger charge is 2.09. The lowest BCUT2D eigenvalue weighted by molar-refractivity contribution is 0.215. The smallest absolute Gasteiger partial charge is 0.0433 e. The molecule has 118 valence electrons. The van der Waals surface area contributed by atoms with Gasteiger partial charge in [0.1, 0.15) is 0 Å². The lowest BCUT2D eigenvalue weighted by Gasteiger charge is -2.17. The Morgan fingerprint density at radius 2 is 1.20 bits per heavy atom. The Bertz CT molecular complexity index is 293. The van der Waals surface area contributed by atoms with E-state index in [9.17, 15) is 0 Å². The van der Waals surface area contributed by atoms with E-state index in [2.05, 4.69) is 83.5 Å². The fraction of sp³-hybridized carbons (Fsp3) is 0.684. The van der Waals surface area contributed by atoms with Crippen molar-refractivity contribution >= 4 is 0 Å². The monoisotopic (exact) mass is 280 g/mol. The van der Waals surface area contributed by atoms with Gasteiger partial charge in [0.25, 0.3) is 0 Å². The van der Waals surface area contributed by atoms with E-state index in [4.69, 9.17) is 0 Å². The van der Waals surface area contributed by atoms with Gasteiger partial charge in [-0.3, -0.25) is 0 Å². The van der Waals surface area contributed by atoms with Crippen LogP contribution in [0.4, 0.5) is 0 Å². The van der Waals surface area contributed by atoms with Crippen molar-refractivity contribution in [3.63, 3.8) is 0 Å². The Balaban J connectivity index is 0. The molecule has 0 bridgehead atoms. The molecule has 1 aromatic rings. The summed E-state index contributed by atoms with van der Waals surface area (Å²) >= 11 is 0. The van der Waals surface area contributed by atoms with Crippen LogP contribution in [-0.2, 0) is 11.2 Å². The zero-order chi connectivity index (χ0) is 16.2. The summed E-state index contributed by atoms with van der Waals surface area (Å²) in [7, 11) is 1.68. The molecule has 0 aliphatic rings. The molecule has 0 heterocycles. The van der Waals surface area contributed by atoms with E-state index in [-0.39, 0.29) is 0 Å². The molecular weight excluding hydrogens is 244 g/mol. The second-order valence-electron chi connectivity index (χ2n) is 7.80. The molecule has 1 nitrogen and oxygen atoms in total. The quantitative estimate of drug-likeness (QED) is 0.647. The first-order chi connectivity index (χ1) is 8.99. The standard InChI is InChI=1S/C11H16.C5H12.C3H8O/c1-11(2,3)9-10-7-5-4-6-8-10;1-5(2,3)4;1-3-4-2/h4-8H,9H2,1-3H3;1-4H3;3H2,1-2H3. The molecule has 0 spiro atoms. The Labute approximate surface area is 127 Å². The summed E-state index contributed by atoms with van der Waals surface area (Å²) in [6, 6.07) is 10.6. The molecule has 1 aromatic carbocycles. The molecule has 1 heteroatoms. The molecule has 0 aliphatic heterocycles. The van der Waals surface area contributed by atoms with Crippen LogP contribution in [0.3, 0.4) is 0 Å². The number of ether oxygens (including phenoxy) is 1. The van der Waals surface area contributed by atoms with E-state index in [1.165, 1.54) is 5.56 Å². The summed E-state index contributed by atoms with van der Waals surface area (Å²) in [6.45, 7) is 18.3. The summed E-state index contributed by atoms with van der Waals surface area (Å²) in [6.07, 6.45) is 1.16. The highest BCUT2D eigenvalue weighted by atomic mass is 16.5. The lowest BCUT2D eigenvalue weighted by atomic mass is 9.88. The molecule has 0 saturated carbocycles. The average molecular weight is 280 g/mol. The molecule has 0 aliphatic carbocycles. The fourth-order valence-electron chi connectivity index (χ4n) is 1.21. The van der Waals surface area contributed by atoms with Crippen molar-refractivity contribution in [3.05, 3.63) is 35.9 Å². The number of benzene rings is 1. The van der Waals surface area contributed by atoms with Gasteiger partial charge < -0.3 is 4.74 Å². The van der Waals surface area contributed by atoms with Crippen molar-refractivity contribution in [3.8, 4) is 0 Å². The van der Waals surface area contributed by atoms with Gasteiger partial charge in [-0.1, -0.05) is 78.8 Å². The van der Waals surface area contributed by atoms with Crippen LogP contribution in [0.5, 0.6) is 0 Å². The van der Waals surface area contributed by atoms with Crippen LogP contribution in [0, 0.1) is 10.8 Å². The van der Waals surface area contributed by atoms with Crippen LogP contribution < -0.4 is 0 Å². The summed E-state index contributed by atoms with van der Waals surface area (Å²) < 4.78 is 4.54. The molecule has 1 rings (SSSR count). The minimum atomic E-state index is 0.404. The summed E-state index contributed by atoms with van der Waals surface area (Å²) in [5, 5.41) is 0. The summed E-state index contributed by atoms with van der Waals surface area (Å²) in [4.78, 5) is 0. The largest absolute Gasteiger partial charge is 0.385 e. The Morgan fingerprint density at radius 3 is 1.45 bits per heavy atom. The van der Waals surface area contributed by atoms with Crippen LogP contribution in [0.1, 0.15) is 61.0 Å². The van der Waals surface area contributed by atoms with Crippen molar-refractivity contribution in [2.75, 3.05) is 13.7 Å². The zero-order valence-electron chi connectivity index (χ0n) is 15.2. The van der Waals surface area contributed by atoms with Crippen LogP contribution in [0.15, 0.2) is 30.3 Å². The summed E-state index contributed by atoms with van der Waals surface area (Å²) in [5.74, 6) is 0. The zero-order valence-corrected chi connectivity index (χ0v) is 15.2. The third kappa shape index (κ3) is 25.9. The van der Waals surface area contributed by atoms with Gasteiger partial charge in [-0.05, 0) is 29.7 Å². The molecular formula is C19H36O. The molecule has 0 radical (unpaired) electrons. The van der Waals surface area contributed by atoms with Gasteiger partial charge in [-0.25, -0.2) is 0 Å². The number of hydrogen-bond acceptors (Lipinski definition) is 1. The second kappa shape index (κ2) is 10.9. The number of rotatable bonds is 2. The first-order valence-electron chi connectivity index (χ1n) is 7.52.